The summed E-state index contributed by atoms with van der Waals surface area (Å²) >= 11 is 6.37. The molecule has 4 bridgehead atoms. The standard InChI is InChI=1S/C47H67ClN2O10/c1-27-9-12-36-29(3)40(53-42-46(36)34(27)15-20-44(5,55-42)57-59-46)51-24-18-31(8-7-22-49-39-17-23-50-38-14-11-32(48)26-33(38)39)19-25-52-41-30(4)37-13-10-28(2)35-16-21-45(6)56-43(54-41)47(35,37)60-58-45/h11,14,17,23,26-31,34-37,40-43H,7-10,12-13,15-16,18-22,24-25H2,1-6H3,(H,49,50)/t27-,28+,29-,30+,31?,34+,35-,36+,37-,40?,41?,42+,43-,44-,45+,46-,47+. The Balaban J connectivity index is 0.802. The van der Waals surface area contributed by atoms with Gasteiger partial charge in [-0.2, -0.15) is 0 Å². The predicted octanol–water partition coefficient (Wildman–Crippen LogP) is 9.93. The Labute approximate surface area is 360 Å². The zero-order chi connectivity index (χ0) is 41.4. The molecule has 8 aliphatic heterocycles. The first-order valence-electron chi connectivity index (χ1n) is 23.3. The van der Waals surface area contributed by atoms with Crippen LogP contribution < -0.4 is 5.32 Å². The van der Waals surface area contributed by atoms with Crippen molar-refractivity contribution in [3.8, 4) is 0 Å². The fourth-order valence-electron chi connectivity index (χ4n) is 13.1. The van der Waals surface area contributed by atoms with Gasteiger partial charge in [-0.15, -0.1) is 0 Å². The number of fused-ring (bicyclic) bond motifs is 5. The van der Waals surface area contributed by atoms with Crippen LogP contribution in [0.1, 0.15) is 119 Å². The van der Waals surface area contributed by atoms with Gasteiger partial charge in [0.1, 0.15) is 0 Å². The van der Waals surface area contributed by atoms with Gasteiger partial charge in [-0.3, -0.25) is 4.98 Å². The van der Waals surface area contributed by atoms with Gasteiger partial charge in [0.15, 0.2) is 36.4 Å². The average Bonchev–Trinajstić information content (AvgIpc) is 3.61. The molecule has 2 aliphatic carbocycles. The fourth-order valence-corrected chi connectivity index (χ4v) is 13.3. The van der Waals surface area contributed by atoms with Crippen molar-refractivity contribution in [1.82, 2.24) is 4.98 Å². The first kappa shape index (κ1) is 42.3. The van der Waals surface area contributed by atoms with Crippen molar-refractivity contribution in [2.75, 3.05) is 25.1 Å². The van der Waals surface area contributed by atoms with Crippen LogP contribution in [-0.2, 0) is 48.0 Å². The van der Waals surface area contributed by atoms with E-state index < -0.39 is 35.4 Å². The van der Waals surface area contributed by atoms with Crippen molar-refractivity contribution in [3.63, 3.8) is 0 Å². The van der Waals surface area contributed by atoms with Crippen molar-refractivity contribution in [2.24, 2.45) is 53.3 Å². The summed E-state index contributed by atoms with van der Waals surface area (Å²) in [7, 11) is 0. The molecule has 12 nitrogen and oxygen atoms in total. The lowest BCUT2D eigenvalue weighted by Crippen LogP contribution is -2.70. The molecule has 2 spiro atoms. The summed E-state index contributed by atoms with van der Waals surface area (Å²) < 4.78 is 40.2. The van der Waals surface area contributed by atoms with Gasteiger partial charge >= 0.3 is 0 Å². The van der Waals surface area contributed by atoms with Crippen LogP contribution in [-0.4, -0.2) is 72.7 Å². The molecule has 10 aliphatic rings. The summed E-state index contributed by atoms with van der Waals surface area (Å²) in [5, 5.41) is 5.40. The largest absolute Gasteiger partial charge is 0.384 e. The van der Waals surface area contributed by atoms with Crippen LogP contribution in [0.15, 0.2) is 30.5 Å². The highest BCUT2D eigenvalue weighted by Gasteiger charge is 2.71. The molecule has 3 unspecified atom stereocenters. The van der Waals surface area contributed by atoms with Gasteiger partial charge < -0.3 is 33.7 Å². The van der Waals surface area contributed by atoms with Crippen LogP contribution in [0.3, 0.4) is 0 Å². The molecular formula is C47H67ClN2O10. The zero-order valence-corrected chi connectivity index (χ0v) is 37.2. The third-order valence-electron chi connectivity index (χ3n) is 16.6. The Morgan fingerprint density at radius 1 is 0.717 bits per heavy atom. The Kier molecular flexibility index (Phi) is 11.6. The van der Waals surface area contributed by atoms with Crippen molar-refractivity contribution in [2.45, 2.75) is 167 Å². The molecular weight excluding hydrogens is 788 g/mol. The van der Waals surface area contributed by atoms with Crippen LogP contribution in [0.25, 0.3) is 10.9 Å². The van der Waals surface area contributed by atoms with E-state index in [9.17, 15) is 0 Å². The van der Waals surface area contributed by atoms with E-state index in [1.165, 1.54) is 0 Å². The van der Waals surface area contributed by atoms with Gasteiger partial charge in [0.25, 0.3) is 0 Å². The number of nitrogens with zero attached hydrogens (tertiary/aromatic N) is 1. The molecule has 60 heavy (non-hydrogen) atoms. The van der Waals surface area contributed by atoms with E-state index in [4.69, 9.17) is 59.6 Å². The number of benzene rings is 1. The third-order valence-corrected chi connectivity index (χ3v) is 16.9. The molecule has 8 saturated heterocycles. The van der Waals surface area contributed by atoms with Gasteiger partial charge in [-0.05, 0) is 132 Å². The van der Waals surface area contributed by atoms with Crippen molar-refractivity contribution < 1.29 is 48.0 Å². The van der Waals surface area contributed by atoms with Crippen LogP contribution in [0.2, 0.25) is 5.02 Å². The highest BCUT2D eigenvalue weighted by molar-refractivity contribution is 6.31. The van der Waals surface area contributed by atoms with E-state index in [2.05, 4.69) is 38.0 Å². The second kappa shape index (κ2) is 16.4. The number of halogens is 1. The van der Waals surface area contributed by atoms with Gasteiger partial charge in [-0.25, -0.2) is 19.6 Å². The SMILES string of the molecule is C[C@@H]1CC[C@H]2[C@@H](C)C(OCCC(CCCNc3ccnc4ccc(Cl)cc34)CCOC3O[C@@H]4O[C@]5(C)CC[C@@H]6[C@@H](C)CC[C@H]([C@@H]3C)[C@]46OO5)O[C@H]3O[C@@]4(C)CC[C@@H]1[C@]32OO4. The molecule has 2 aromatic rings. The van der Waals surface area contributed by atoms with Gasteiger partial charge in [0, 0.05) is 65.4 Å². The first-order valence-corrected chi connectivity index (χ1v) is 23.7. The molecule has 1 aromatic carbocycles. The van der Waals surface area contributed by atoms with Gasteiger partial charge in [0.2, 0.25) is 11.6 Å². The smallest absolute Gasteiger partial charge is 0.201 e. The second-order valence-corrected chi connectivity index (χ2v) is 20.8. The average molecular weight is 856 g/mol. The van der Waals surface area contributed by atoms with Gasteiger partial charge in [-0.1, -0.05) is 39.3 Å². The summed E-state index contributed by atoms with van der Waals surface area (Å²) in [4.78, 5) is 29.4. The lowest BCUT2D eigenvalue weighted by molar-refractivity contribution is -0.577. The number of hydrogen-bond acceptors (Lipinski definition) is 12. The van der Waals surface area contributed by atoms with Crippen LogP contribution in [0.5, 0.6) is 0 Å². The van der Waals surface area contributed by atoms with E-state index in [1.54, 1.807) is 0 Å². The highest BCUT2D eigenvalue weighted by atomic mass is 35.5. The molecule has 13 heteroatoms. The summed E-state index contributed by atoms with van der Waals surface area (Å²) in [6.07, 6.45) is 11.8. The lowest BCUT2D eigenvalue weighted by atomic mass is 9.58. The van der Waals surface area contributed by atoms with E-state index in [0.29, 0.717) is 47.8 Å². The summed E-state index contributed by atoms with van der Waals surface area (Å²) in [6.45, 7) is 15.1. The monoisotopic (exact) mass is 854 g/mol. The molecule has 0 amide bonds. The maximum Gasteiger partial charge on any atom is 0.201 e. The molecule has 17 atom stereocenters. The molecule has 0 radical (unpaired) electrons. The van der Waals surface area contributed by atoms with Crippen LogP contribution >= 0.6 is 11.6 Å². The third kappa shape index (κ3) is 7.24. The zero-order valence-electron chi connectivity index (χ0n) is 36.4. The minimum absolute atomic E-state index is 0.134. The van der Waals surface area contributed by atoms with Crippen molar-refractivity contribution in [3.05, 3.63) is 35.5 Å². The van der Waals surface area contributed by atoms with Crippen LogP contribution in [0, 0.1) is 53.3 Å². The minimum atomic E-state index is -0.811. The Morgan fingerprint density at radius 2 is 1.28 bits per heavy atom. The first-order chi connectivity index (χ1) is 28.9. The lowest BCUT2D eigenvalue weighted by Gasteiger charge is -2.60. The second-order valence-electron chi connectivity index (χ2n) is 20.3. The molecule has 1 N–H and O–H groups in total. The fraction of sp³-hybridized carbons (Fsp3) is 0.809. The molecule has 10 fully saturated rings. The molecule has 1 aromatic heterocycles. The minimum Gasteiger partial charge on any atom is -0.384 e. The number of rotatable bonds is 13. The summed E-state index contributed by atoms with van der Waals surface area (Å²) in [5.41, 5.74) is 0.771. The van der Waals surface area contributed by atoms with E-state index in [-0.39, 0.29) is 36.3 Å². The molecule has 12 rings (SSSR count). The highest BCUT2D eigenvalue weighted by Crippen LogP contribution is 2.62. The number of aromatic nitrogens is 1. The normalized spacial score (nSPS) is 46.0. The summed E-state index contributed by atoms with van der Waals surface area (Å²) in [5.74, 6) is 1.14. The van der Waals surface area contributed by atoms with Crippen LogP contribution in [0.4, 0.5) is 5.69 Å². The summed E-state index contributed by atoms with van der Waals surface area (Å²) in [6, 6.07) is 7.85. The van der Waals surface area contributed by atoms with Crippen molar-refractivity contribution >= 4 is 28.2 Å². The Bertz CT molecular complexity index is 1780. The van der Waals surface area contributed by atoms with E-state index in [1.807, 2.05) is 44.3 Å². The van der Waals surface area contributed by atoms with E-state index in [0.717, 1.165) is 100 Å². The number of ether oxygens (including phenoxy) is 6. The number of nitrogens with one attached hydrogen (secondary N) is 1. The maximum absolute atomic E-state index is 6.78. The van der Waals surface area contributed by atoms with Crippen molar-refractivity contribution in [1.29, 1.82) is 0 Å². The quantitative estimate of drug-likeness (QED) is 0.153. The number of anilines is 1. The number of pyridine rings is 1. The number of hydrogen-bond donors (Lipinski definition) is 1. The van der Waals surface area contributed by atoms with Gasteiger partial charge in [0.05, 0.1) is 18.7 Å². The molecule has 332 valence electrons. The van der Waals surface area contributed by atoms with E-state index >= 15 is 0 Å². The Morgan fingerprint density at radius 3 is 1.85 bits per heavy atom. The molecule has 2 saturated carbocycles. The Hall–Kier alpha value is -1.68. The predicted molar refractivity (Wildman–Crippen MR) is 223 cm³/mol. The maximum atomic E-state index is 6.78. The topological polar surface area (TPSA) is 117 Å². The molecule has 9 heterocycles.